The maximum Gasteiger partial charge on any atom is 0.126 e. The molecule has 0 amide bonds. The van der Waals surface area contributed by atoms with E-state index in [1.165, 1.54) is 37.7 Å². The maximum absolute atomic E-state index is 9.97. The fourth-order valence-corrected chi connectivity index (χ4v) is 2.73. The quantitative estimate of drug-likeness (QED) is 0.648. The molecule has 1 heterocycles. The van der Waals surface area contributed by atoms with E-state index >= 15 is 0 Å². The molecule has 2 nitrogen and oxygen atoms in total. The lowest BCUT2D eigenvalue weighted by Gasteiger charge is -2.06. The first-order valence-corrected chi connectivity index (χ1v) is 8.44. The molecule has 112 valence electrons. The van der Waals surface area contributed by atoms with Gasteiger partial charge in [0.2, 0.25) is 0 Å². The highest BCUT2D eigenvalue weighted by molar-refractivity contribution is 9.10. The number of nitrogens with zero attached hydrogens (tertiary/aromatic N) is 1. The Morgan fingerprint density at radius 2 is 1.86 bits per heavy atom. The second-order valence-electron chi connectivity index (χ2n) is 5.38. The Balaban J connectivity index is 1.95. The van der Waals surface area contributed by atoms with Crippen molar-refractivity contribution in [3.8, 4) is 17.0 Å². The summed E-state index contributed by atoms with van der Waals surface area (Å²) in [6, 6.07) is 9.59. The van der Waals surface area contributed by atoms with E-state index in [0.29, 0.717) is 0 Å². The van der Waals surface area contributed by atoms with Gasteiger partial charge in [-0.15, -0.1) is 0 Å². The minimum absolute atomic E-state index is 0.254. The minimum Gasteiger partial charge on any atom is -0.507 e. The molecule has 0 aliphatic heterocycles. The maximum atomic E-state index is 9.97. The van der Waals surface area contributed by atoms with Crippen molar-refractivity contribution in [1.29, 1.82) is 0 Å². The first kappa shape index (κ1) is 16.0. The van der Waals surface area contributed by atoms with Crippen LogP contribution in [0.2, 0.25) is 0 Å². The molecule has 0 saturated heterocycles. The van der Waals surface area contributed by atoms with Gasteiger partial charge in [0.15, 0.2) is 0 Å². The van der Waals surface area contributed by atoms with Crippen LogP contribution in [-0.2, 0) is 6.42 Å². The van der Waals surface area contributed by atoms with Crippen LogP contribution >= 0.6 is 15.9 Å². The summed E-state index contributed by atoms with van der Waals surface area (Å²) in [6.07, 6.45) is 9.48. The van der Waals surface area contributed by atoms with E-state index in [4.69, 9.17) is 0 Å². The molecule has 2 aromatic rings. The van der Waals surface area contributed by atoms with Crippen LogP contribution in [0.15, 0.2) is 41.0 Å². The lowest BCUT2D eigenvalue weighted by atomic mass is 10.1. The lowest BCUT2D eigenvalue weighted by Crippen LogP contribution is -1.90. The van der Waals surface area contributed by atoms with Gasteiger partial charge in [-0.1, -0.05) is 54.6 Å². The number of aryl methyl sites for hydroxylation is 1. The predicted octanol–water partition coefficient (Wildman–Crippen LogP) is 5.73. The number of benzene rings is 1. The summed E-state index contributed by atoms with van der Waals surface area (Å²) in [5.74, 6) is 0.254. The number of pyridine rings is 1. The summed E-state index contributed by atoms with van der Waals surface area (Å²) in [4.78, 5) is 4.48. The Morgan fingerprint density at radius 3 is 2.52 bits per heavy atom. The molecule has 0 bridgehead atoms. The normalized spacial score (nSPS) is 10.8. The molecule has 0 radical (unpaired) electrons. The molecular formula is C18H22BrNO. The second kappa shape index (κ2) is 8.18. The van der Waals surface area contributed by atoms with E-state index in [0.717, 1.165) is 22.2 Å². The van der Waals surface area contributed by atoms with Gasteiger partial charge in [0.05, 0.1) is 5.69 Å². The Hall–Kier alpha value is -1.35. The molecule has 0 spiro atoms. The zero-order chi connectivity index (χ0) is 15.1. The van der Waals surface area contributed by atoms with Crippen molar-refractivity contribution >= 4 is 15.9 Å². The van der Waals surface area contributed by atoms with E-state index in [-0.39, 0.29) is 5.75 Å². The van der Waals surface area contributed by atoms with Crippen molar-refractivity contribution < 1.29 is 5.11 Å². The summed E-state index contributed by atoms with van der Waals surface area (Å²) in [7, 11) is 0. The van der Waals surface area contributed by atoms with Crippen LogP contribution in [0.3, 0.4) is 0 Å². The van der Waals surface area contributed by atoms with Gasteiger partial charge in [0.1, 0.15) is 5.75 Å². The highest BCUT2D eigenvalue weighted by Crippen LogP contribution is 2.30. The highest BCUT2D eigenvalue weighted by atomic mass is 79.9. The van der Waals surface area contributed by atoms with Gasteiger partial charge in [0.25, 0.3) is 0 Å². The van der Waals surface area contributed by atoms with E-state index in [2.05, 4.69) is 33.9 Å². The third-order valence-electron chi connectivity index (χ3n) is 3.63. The van der Waals surface area contributed by atoms with Crippen LogP contribution in [0, 0.1) is 0 Å². The van der Waals surface area contributed by atoms with Crippen LogP contribution in [0.5, 0.6) is 5.75 Å². The number of hydrogen-bond donors (Lipinski definition) is 1. The van der Waals surface area contributed by atoms with Gasteiger partial charge in [-0.25, -0.2) is 0 Å². The third-order valence-corrected chi connectivity index (χ3v) is 4.12. The molecule has 21 heavy (non-hydrogen) atoms. The van der Waals surface area contributed by atoms with Gasteiger partial charge in [-0.2, -0.15) is 0 Å². The third kappa shape index (κ3) is 4.85. The van der Waals surface area contributed by atoms with Gasteiger partial charge >= 0.3 is 0 Å². The monoisotopic (exact) mass is 347 g/mol. The van der Waals surface area contributed by atoms with Crippen molar-refractivity contribution in [1.82, 2.24) is 4.98 Å². The first-order valence-electron chi connectivity index (χ1n) is 7.64. The van der Waals surface area contributed by atoms with Crippen LogP contribution < -0.4 is 0 Å². The van der Waals surface area contributed by atoms with E-state index in [9.17, 15) is 5.11 Å². The van der Waals surface area contributed by atoms with Crippen LogP contribution in [0.25, 0.3) is 11.3 Å². The average Bonchev–Trinajstić information content (AvgIpc) is 2.48. The fourth-order valence-electron chi connectivity index (χ4n) is 2.39. The second-order valence-corrected chi connectivity index (χ2v) is 6.29. The van der Waals surface area contributed by atoms with Crippen molar-refractivity contribution in [2.45, 2.75) is 45.4 Å². The Bertz CT molecular complexity index is 566. The SMILES string of the molecule is CCCCCCCc1ccc(-c2ccc(Br)cc2O)nc1. The molecular weight excluding hydrogens is 326 g/mol. The van der Waals surface area contributed by atoms with E-state index in [1.54, 1.807) is 6.07 Å². The molecule has 0 fully saturated rings. The van der Waals surface area contributed by atoms with Crippen LogP contribution in [0.1, 0.15) is 44.6 Å². The molecule has 2 rings (SSSR count). The number of phenols is 1. The Labute approximate surface area is 135 Å². The molecule has 0 saturated carbocycles. The summed E-state index contributed by atoms with van der Waals surface area (Å²) >= 11 is 3.35. The van der Waals surface area contributed by atoms with Gasteiger partial charge in [-0.05, 0) is 42.7 Å². The smallest absolute Gasteiger partial charge is 0.126 e. The molecule has 0 atom stereocenters. The van der Waals surface area contributed by atoms with Gasteiger partial charge in [0, 0.05) is 16.2 Å². The fraction of sp³-hybridized carbons (Fsp3) is 0.389. The summed E-state index contributed by atoms with van der Waals surface area (Å²) < 4.78 is 0.868. The van der Waals surface area contributed by atoms with Crippen molar-refractivity contribution in [2.75, 3.05) is 0 Å². The molecule has 0 unspecified atom stereocenters. The van der Waals surface area contributed by atoms with Gasteiger partial charge in [-0.3, -0.25) is 4.98 Å². The largest absolute Gasteiger partial charge is 0.507 e. The molecule has 1 aromatic heterocycles. The number of phenolic OH excluding ortho intramolecular Hbond substituents is 1. The topological polar surface area (TPSA) is 33.1 Å². The predicted molar refractivity (Wildman–Crippen MR) is 91.5 cm³/mol. The molecule has 1 aromatic carbocycles. The zero-order valence-electron chi connectivity index (χ0n) is 12.5. The number of aromatic hydroxyl groups is 1. The zero-order valence-corrected chi connectivity index (χ0v) is 14.1. The molecule has 3 heteroatoms. The van der Waals surface area contributed by atoms with E-state index < -0.39 is 0 Å². The minimum atomic E-state index is 0.254. The molecule has 1 N–H and O–H groups in total. The Kier molecular flexibility index (Phi) is 6.24. The Morgan fingerprint density at radius 1 is 1.05 bits per heavy atom. The first-order chi connectivity index (χ1) is 10.2. The average molecular weight is 348 g/mol. The van der Waals surface area contributed by atoms with Crippen molar-refractivity contribution in [3.05, 3.63) is 46.6 Å². The highest BCUT2D eigenvalue weighted by Gasteiger charge is 2.06. The standard InChI is InChI=1S/C18H22BrNO/c1-2-3-4-5-6-7-14-8-11-17(20-13-14)16-10-9-15(19)12-18(16)21/h8-13,21H,2-7H2,1H3. The number of unbranched alkanes of at least 4 members (excludes halogenated alkanes) is 4. The van der Waals surface area contributed by atoms with Crippen LogP contribution in [-0.4, -0.2) is 10.1 Å². The lowest BCUT2D eigenvalue weighted by molar-refractivity contribution is 0.477. The van der Waals surface area contributed by atoms with Crippen molar-refractivity contribution in [2.24, 2.45) is 0 Å². The number of aromatic nitrogens is 1. The number of hydrogen-bond acceptors (Lipinski definition) is 2. The molecule has 0 aliphatic carbocycles. The van der Waals surface area contributed by atoms with Crippen molar-refractivity contribution in [3.63, 3.8) is 0 Å². The van der Waals surface area contributed by atoms with E-state index in [1.807, 2.05) is 24.4 Å². The summed E-state index contributed by atoms with van der Waals surface area (Å²) in [5.41, 5.74) is 2.86. The summed E-state index contributed by atoms with van der Waals surface area (Å²) in [6.45, 7) is 2.24. The number of halogens is 1. The summed E-state index contributed by atoms with van der Waals surface area (Å²) in [5, 5.41) is 9.97. The molecule has 0 aliphatic rings. The van der Waals surface area contributed by atoms with Gasteiger partial charge < -0.3 is 5.11 Å². The van der Waals surface area contributed by atoms with Crippen LogP contribution in [0.4, 0.5) is 0 Å². The number of rotatable bonds is 7.